The Bertz CT molecular complexity index is 1250. The van der Waals surface area contributed by atoms with Gasteiger partial charge in [-0.15, -0.1) is 0 Å². The molecule has 2 aliphatic carbocycles. The minimum absolute atomic E-state index is 0. The maximum atomic E-state index is 4.58. The van der Waals surface area contributed by atoms with Crippen LogP contribution < -0.4 is 6.15 Å². The quantitative estimate of drug-likeness (QED) is 0.336. The topological polar surface area (TPSA) is 47.9 Å². The lowest BCUT2D eigenvalue weighted by Gasteiger charge is -2.62. The molecule has 6 rings (SSSR count). The number of allylic oxidation sites excluding steroid dienone is 2. The second-order valence-corrected chi connectivity index (χ2v) is 10.2. The highest BCUT2D eigenvalue weighted by Crippen LogP contribution is 2.66. The number of benzene rings is 3. The SMILES string of the molecule is C1=C(c2ccnc3ccccc23)CCC2(C1)CCC2(Cc1ccccc1)Cc1ccccc1.N. The minimum Gasteiger partial charge on any atom is -0.344 e. The molecule has 1 fully saturated rings. The van der Waals surface area contributed by atoms with Gasteiger partial charge in [-0.25, -0.2) is 0 Å². The Hall–Kier alpha value is -3.23. The number of nitrogens with zero attached hydrogens (tertiary/aromatic N) is 1. The van der Waals surface area contributed by atoms with Crippen LogP contribution in [0.5, 0.6) is 0 Å². The average molecular weight is 447 g/mol. The number of para-hydroxylation sites is 1. The van der Waals surface area contributed by atoms with E-state index in [2.05, 4.69) is 102 Å². The van der Waals surface area contributed by atoms with E-state index in [9.17, 15) is 0 Å². The van der Waals surface area contributed by atoms with E-state index in [4.69, 9.17) is 0 Å². The summed E-state index contributed by atoms with van der Waals surface area (Å²) >= 11 is 0. The first kappa shape index (κ1) is 22.6. The molecular formula is C32H34N2. The number of hydrogen-bond acceptors (Lipinski definition) is 2. The first-order valence-corrected chi connectivity index (χ1v) is 12.4. The summed E-state index contributed by atoms with van der Waals surface area (Å²) in [5, 5.41) is 1.29. The molecule has 2 nitrogen and oxygen atoms in total. The molecule has 0 radical (unpaired) electrons. The van der Waals surface area contributed by atoms with Gasteiger partial charge in [0, 0.05) is 11.6 Å². The van der Waals surface area contributed by atoms with Crippen LogP contribution in [0.3, 0.4) is 0 Å². The van der Waals surface area contributed by atoms with E-state index in [1.54, 1.807) is 0 Å². The molecule has 3 N–H and O–H groups in total. The van der Waals surface area contributed by atoms with Crippen LogP contribution >= 0.6 is 0 Å². The summed E-state index contributed by atoms with van der Waals surface area (Å²) < 4.78 is 0. The third kappa shape index (κ3) is 3.86. The fraction of sp³-hybridized carbons (Fsp3) is 0.281. The highest BCUT2D eigenvalue weighted by atomic mass is 14.6. The van der Waals surface area contributed by atoms with E-state index in [1.165, 1.54) is 72.6 Å². The molecule has 1 heterocycles. The molecule has 1 aromatic heterocycles. The van der Waals surface area contributed by atoms with Crippen LogP contribution in [0.4, 0.5) is 0 Å². The van der Waals surface area contributed by atoms with Crippen molar-refractivity contribution >= 4 is 16.5 Å². The highest BCUT2D eigenvalue weighted by molar-refractivity contribution is 5.91. The van der Waals surface area contributed by atoms with E-state index < -0.39 is 0 Å². The summed E-state index contributed by atoms with van der Waals surface area (Å²) in [4.78, 5) is 4.58. The number of hydrogen-bond donors (Lipinski definition) is 1. The predicted octanol–water partition coefficient (Wildman–Crippen LogP) is 8.22. The molecule has 1 atom stereocenters. The zero-order valence-electron chi connectivity index (χ0n) is 19.9. The molecule has 2 aliphatic rings. The van der Waals surface area contributed by atoms with Gasteiger partial charge in [0.25, 0.3) is 0 Å². The number of pyridine rings is 1. The van der Waals surface area contributed by atoms with Crippen LogP contribution in [0.25, 0.3) is 16.5 Å². The Morgan fingerprint density at radius 1 is 0.676 bits per heavy atom. The first-order valence-electron chi connectivity index (χ1n) is 12.4. The lowest BCUT2D eigenvalue weighted by Crippen LogP contribution is -2.54. The highest BCUT2D eigenvalue weighted by Gasteiger charge is 2.57. The average Bonchev–Trinajstić information content (AvgIpc) is 2.88. The van der Waals surface area contributed by atoms with E-state index in [-0.39, 0.29) is 6.15 Å². The summed E-state index contributed by atoms with van der Waals surface area (Å²) in [6, 6.07) is 33.2. The second-order valence-electron chi connectivity index (χ2n) is 10.2. The van der Waals surface area contributed by atoms with Crippen LogP contribution in [-0.4, -0.2) is 4.98 Å². The van der Waals surface area contributed by atoms with Crippen LogP contribution in [0.1, 0.15) is 48.8 Å². The van der Waals surface area contributed by atoms with Gasteiger partial charge in [0.2, 0.25) is 0 Å². The van der Waals surface area contributed by atoms with E-state index in [1.807, 2.05) is 6.20 Å². The Morgan fingerprint density at radius 2 is 1.32 bits per heavy atom. The van der Waals surface area contributed by atoms with Crippen LogP contribution in [-0.2, 0) is 12.8 Å². The predicted molar refractivity (Wildman–Crippen MR) is 143 cm³/mol. The van der Waals surface area contributed by atoms with Gasteiger partial charge in [0.15, 0.2) is 0 Å². The molecule has 2 heteroatoms. The molecule has 0 amide bonds. The molecular weight excluding hydrogens is 412 g/mol. The fourth-order valence-electron chi connectivity index (χ4n) is 6.65. The van der Waals surface area contributed by atoms with Crippen molar-refractivity contribution in [3.63, 3.8) is 0 Å². The Kier molecular flexibility index (Phi) is 6.10. The van der Waals surface area contributed by atoms with Gasteiger partial charge in [-0.1, -0.05) is 84.9 Å². The minimum atomic E-state index is 0. The third-order valence-electron chi connectivity index (χ3n) is 8.58. The van der Waals surface area contributed by atoms with Crippen molar-refractivity contribution in [2.75, 3.05) is 0 Å². The maximum absolute atomic E-state index is 4.58. The smallest absolute Gasteiger partial charge is 0.0708 e. The Balaban J connectivity index is 0.00000241. The normalized spacial score (nSPS) is 20.9. The van der Waals surface area contributed by atoms with Crippen molar-refractivity contribution in [3.05, 3.63) is 120 Å². The number of fused-ring (bicyclic) bond motifs is 1. The molecule has 3 aromatic carbocycles. The monoisotopic (exact) mass is 446 g/mol. The molecule has 0 saturated heterocycles. The molecule has 0 aliphatic heterocycles. The van der Waals surface area contributed by atoms with Gasteiger partial charge in [0.05, 0.1) is 5.52 Å². The fourth-order valence-corrected chi connectivity index (χ4v) is 6.65. The van der Waals surface area contributed by atoms with Crippen molar-refractivity contribution in [1.29, 1.82) is 0 Å². The summed E-state index contributed by atoms with van der Waals surface area (Å²) in [5.41, 5.74) is 7.72. The molecule has 34 heavy (non-hydrogen) atoms. The first-order chi connectivity index (χ1) is 16.3. The molecule has 1 spiro atoms. The van der Waals surface area contributed by atoms with E-state index >= 15 is 0 Å². The zero-order chi connectivity index (χ0) is 22.1. The molecule has 0 bridgehead atoms. The van der Waals surface area contributed by atoms with Crippen molar-refractivity contribution in [2.45, 2.75) is 44.9 Å². The van der Waals surface area contributed by atoms with Gasteiger partial charge in [-0.2, -0.15) is 0 Å². The molecule has 1 saturated carbocycles. The summed E-state index contributed by atoms with van der Waals surface area (Å²) in [6.07, 6.45) is 13.3. The van der Waals surface area contributed by atoms with Crippen LogP contribution in [0.15, 0.2) is 103 Å². The maximum Gasteiger partial charge on any atom is 0.0708 e. The summed E-state index contributed by atoms with van der Waals surface area (Å²) in [7, 11) is 0. The van der Waals surface area contributed by atoms with E-state index in [0.717, 1.165) is 5.52 Å². The Morgan fingerprint density at radius 3 is 1.91 bits per heavy atom. The lowest BCUT2D eigenvalue weighted by atomic mass is 9.42. The standard InChI is InChI=1S/C32H31N.H3N/c1-3-9-25(10-4-1)23-32(24-26-11-5-2-6-12-26)21-20-31(32)18-15-27(16-19-31)28-17-22-33-30-14-8-7-13-29(28)30;/h1-15,17,22H,16,18-21,23-24H2;1H3. The van der Waals surface area contributed by atoms with Crippen LogP contribution in [0.2, 0.25) is 0 Å². The largest absolute Gasteiger partial charge is 0.344 e. The van der Waals surface area contributed by atoms with Gasteiger partial charge < -0.3 is 6.15 Å². The third-order valence-corrected chi connectivity index (χ3v) is 8.58. The molecule has 4 aromatic rings. The zero-order valence-corrected chi connectivity index (χ0v) is 19.9. The van der Waals surface area contributed by atoms with Gasteiger partial charge in [-0.3, -0.25) is 4.98 Å². The van der Waals surface area contributed by atoms with Gasteiger partial charge >= 0.3 is 0 Å². The van der Waals surface area contributed by atoms with Crippen molar-refractivity contribution in [1.82, 2.24) is 11.1 Å². The number of rotatable bonds is 5. The van der Waals surface area contributed by atoms with Crippen LogP contribution in [0, 0.1) is 10.8 Å². The van der Waals surface area contributed by atoms with Crippen molar-refractivity contribution < 1.29 is 0 Å². The van der Waals surface area contributed by atoms with E-state index in [0.29, 0.717) is 10.8 Å². The molecule has 172 valence electrons. The summed E-state index contributed by atoms with van der Waals surface area (Å²) in [6.45, 7) is 0. The second kappa shape index (κ2) is 9.19. The molecule has 1 unspecified atom stereocenters. The van der Waals surface area contributed by atoms with Crippen molar-refractivity contribution in [3.8, 4) is 0 Å². The van der Waals surface area contributed by atoms with Crippen molar-refractivity contribution in [2.24, 2.45) is 10.8 Å². The number of aromatic nitrogens is 1. The lowest BCUT2D eigenvalue weighted by molar-refractivity contribution is -0.0877. The summed E-state index contributed by atoms with van der Waals surface area (Å²) in [5.74, 6) is 0. The van der Waals surface area contributed by atoms with Gasteiger partial charge in [0.1, 0.15) is 0 Å². The Labute approximate surface area is 203 Å². The van der Waals surface area contributed by atoms with Gasteiger partial charge in [-0.05, 0) is 90.2 Å².